The first-order valence-corrected chi connectivity index (χ1v) is 10.3. The number of hydrogen-bond acceptors (Lipinski definition) is 4. The first-order valence-electron chi connectivity index (χ1n) is 9.57. The number of hydrogen-bond donors (Lipinski definition) is 1. The van der Waals surface area contributed by atoms with Gasteiger partial charge in [0.25, 0.3) is 0 Å². The molecule has 7 heteroatoms. The van der Waals surface area contributed by atoms with Crippen molar-refractivity contribution < 1.29 is 13.9 Å². The quantitative estimate of drug-likeness (QED) is 0.511. The summed E-state index contributed by atoms with van der Waals surface area (Å²) in [6.45, 7) is 2.95. The summed E-state index contributed by atoms with van der Waals surface area (Å²) in [6.07, 6.45) is 3.06. The Morgan fingerprint density at radius 2 is 1.80 bits per heavy atom. The highest BCUT2D eigenvalue weighted by Crippen LogP contribution is 2.34. The zero-order valence-electron chi connectivity index (χ0n) is 16.1. The Bertz CT molecular complexity index is 1070. The molecule has 3 aromatic rings. The van der Waals surface area contributed by atoms with Crippen molar-refractivity contribution in [3.8, 4) is 11.3 Å². The number of carbonyl (C=O) groups is 1. The van der Waals surface area contributed by atoms with E-state index in [1.807, 2.05) is 30.3 Å². The van der Waals surface area contributed by atoms with Crippen LogP contribution in [-0.2, 0) is 9.53 Å². The fraction of sp³-hybridized carbons (Fsp3) is 0.174. The van der Waals surface area contributed by atoms with E-state index in [-0.39, 0.29) is 5.91 Å². The summed E-state index contributed by atoms with van der Waals surface area (Å²) >= 11 is 12.3. The average molecular weight is 443 g/mol. The van der Waals surface area contributed by atoms with Crippen LogP contribution in [0.2, 0.25) is 10.0 Å². The fourth-order valence-electron chi connectivity index (χ4n) is 3.27. The Hall–Kier alpha value is -2.73. The van der Waals surface area contributed by atoms with Gasteiger partial charge in [-0.3, -0.25) is 4.79 Å². The first-order chi connectivity index (χ1) is 14.6. The van der Waals surface area contributed by atoms with E-state index in [9.17, 15) is 4.79 Å². The van der Waals surface area contributed by atoms with Crippen LogP contribution in [0.15, 0.2) is 65.1 Å². The predicted molar refractivity (Wildman–Crippen MR) is 121 cm³/mol. The second-order valence-corrected chi connectivity index (χ2v) is 7.53. The number of nitrogens with one attached hydrogen (secondary N) is 1. The van der Waals surface area contributed by atoms with E-state index < -0.39 is 0 Å². The molecule has 1 saturated heterocycles. The zero-order valence-corrected chi connectivity index (χ0v) is 17.6. The Morgan fingerprint density at radius 1 is 1.00 bits per heavy atom. The number of rotatable bonds is 5. The number of morpholine rings is 1. The Kier molecular flexibility index (Phi) is 6.43. The third-order valence-corrected chi connectivity index (χ3v) is 5.58. The topological polar surface area (TPSA) is 54.7 Å². The van der Waals surface area contributed by atoms with Crippen LogP contribution in [-0.4, -0.2) is 32.2 Å². The molecule has 2 aromatic carbocycles. The molecule has 0 bridgehead atoms. The van der Waals surface area contributed by atoms with Crippen molar-refractivity contribution in [3.05, 3.63) is 76.5 Å². The highest BCUT2D eigenvalue weighted by atomic mass is 35.5. The normalized spacial score (nSPS) is 14.3. The lowest BCUT2D eigenvalue weighted by Crippen LogP contribution is -2.36. The Balaban J connectivity index is 1.45. The van der Waals surface area contributed by atoms with E-state index in [0.29, 0.717) is 40.3 Å². The molecule has 2 heterocycles. The lowest BCUT2D eigenvalue weighted by molar-refractivity contribution is -0.111. The molecule has 1 amide bonds. The van der Waals surface area contributed by atoms with Crippen molar-refractivity contribution in [2.24, 2.45) is 0 Å². The van der Waals surface area contributed by atoms with Crippen LogP contribution < -0.4 is 10.2 Å². The number of para-hydroxylation sites is 2. The SMILES string of the molecule is O=C(C=Cc1ccc(-c2cccc(Cl)c2Cl)o1)Nc1ccccc1N1CCOCC1. The van der Waals surface area contributed by atoms with Gasteiger partial charge >= 0.3 is 0 Å². The average Bonchev–Trinajstić information content (AvgIpc) is 3.24. The van der Waals surface area contributed by atoms with Crippen LogP contribution in [0.1, 0.15) is 5.76 Å². The molecule has 0 atom stereocenters. The van der Waals surface area contributed by atoms with Crippen LogP contribution in [0.25, 0.3) is 17.4 Å². The molecule has 5 nitrogen and oxygen atoms in total. The van der Waals surface area contributed by atoms with Crippen LogP contribution >= 0.6 is 23.2 Å². The third kappa shape index (κ3) is 4.70. The van der Waals surface area contributed by atoms with Gasteiger partial charge in [0.15, 0.2) is 0 Å². The minimum atomic E-state index is -0.241. The van der Waals surface area contributed by atoms with Gasteiger partial charge in [0.05, 0.1) is 34.6 Å². The molecule has 1 fully saturated rings. The molecule has 0 aliphatic carbocycles. The molecular formula is C23H20Cl2N2O3. The van der Waals surface area contributed by atoms with Gasteiger partial charge in [-0.25, -0.2) is 0 Å². The Labute approximate surface area is 184 Å². The molecule has 1 aromatic heterocycles. The maximum Gasteiger partial charge on any atom is 0.248 e. The summed E-state index contributed by atoms with van der Waals surface area (Å²) in [6, 6.07) is 16.7. The number of benzene rings is 2. The summed E-state index contributed by atoms with van der Waals surface area (Å²) in [4.78, 5) is 14.7. The molecule has 1 aliphatic heterocycles. The van der Waals surface area contributed by atoms with Crippen molar-refractivity contribution in [3.63, 3.8) is 0 Å². The summed E-state index contributed by atoms with van der Waals surface area (Å²) in [5.74, 6) is 0.882. The maximum absolute atomic E-state index is 12.5. The van der Waals surface area contributed by atoms with Crippen molar-refractivity contribution in [2.75, 3.05) is 36.5 Å². The molecule has 0 unspecified atom stereocenters. The zero-order chi connectivity index (χ0) is 20.9. The number of amides is 1. The highest BCUT2D eigenvalue weighted by Gasteiger charge is 2.15. The van der Waals surface area contributed by atoms with Gasteiger partial charge < -0.3 is 19.4 Å². The molecule has 30 heavy (non-hydrogen) atoms. The number of ether oxygens (including phenoxy) is 1. The third-order valence-electron chi connectivity index (χ3n) is 4.76. The van der Waals surface area contributed by atoms with Crippen molar-refractivity contribution in [1.29, 1.82) is 0 Å². The smallest absolute Gasteiger partial charge is 0.248 e. The number of halogens is 2. The number of nitrogens with zero attached hydrogens (tertiary/aromatic N) is 1. The van der Waals surface area contributed by atoms with E-state index in [2.05, 4.69) is 10.2 Å². The van der Waals surface area contributed by atoms with Gasteiger partial charge in [-0.15, -0.1) is 0 Å². The van der Waals surface area contributed by atoms with Gasteiger partial charge in [0.2, 0.25) is 5.91 Å². The minimum absolute atomic E-state index is 0.241. The molecule has 0 radical (unpaired) electrons. The lowest BCUT2D eigenvalue weighted by atomic mass is 10.2. The van der Waals surface area contributed by atoms with E-state index in [1.54, 1.807) is 30.3 Å². The first kappa shape index (κ1) is 20.5. The second kappa shape index (κ2) is 9.39. The largest absolute Gasteiger partial charge is 0.457 e. The van der Waals surface area contributed by atoms with Crippen molar-refractivity contribution in [2.45, 2.75) is 0 Å². The van der Waals surface area contributed by atoms with Gasteiger partial charge in [-0.05, 0) is 42.5 Å². The summed E-state index contributed by atoms with van der Waals surface area (Å²) in [5.41, 5.74) is 2.45. The standard InChI is InChI=1S/C23H20Cl2N2O3/c24-18-5-3-4-17(23(18)25)21-10-8-16(30-21)9-11-22(28)26-19-6-1-2-7-20(19)27-12-14-29-15-13-27/h1-11H,12-15H2,(H,26,28). The van der Waals surface area contributed by atoms with Crippen LogP contribution in [0.3, 0.4) is 0 Å². The van der Waals surface area contributed by atoms with Crippen LogP contribution in [0.5, 0.6) is 0 Å². The molecule has 154 valence electrons. The van der Waals surface area contributed by atoms with Gasteiger partial charge in [-0.2, -0.15) is 0 Å². The van der Waals surface area contributed by atoms with Crippen LogP contribution in [0, 0.1) is 0 Å². The van der Waals surface area contributed by atoms with E-state index in [4.69, 9.17) is 32.4 Å². The molecule has 1 aliphatic rings. The van der Waals surface area contributed by atoms with Crippen molar-refractivity contribution >= 4 is 46.6 Å². The molecule has 1 N–H and O–H groups in total. The fourth-order valence-corrected chi connectivity index (χ4v) is 3.67. The molecular weight excluding hydrogens is 423 g/mol. The lowest BCUT2D eigenvalue weighted by Gasteiger charge is -2.30. The number of anilines is 2. The van der Waals surface area contributed by atoms with Crippen molar-refractivity contribution in [1.82, 2.24) is 0 Å². The Morgan fingerprint density at radius 3 is 2.63 bits per heavy atom. The number of carbonyl (C=O) groups excluding carboxylic acids is 1. The summed E-state index contributed by atoms with van der Waals surface area (Å²) in [7, 11) is 0. The van der Waals surface area contributed by atoms with E-state index in [0.717, 1.165) is 24.5 Å². The number of furan rings is 1. The molecule has 4 rings (SSSR count). The minimum Gasteiger partial charge on any atom is -0.457 e. The molecule has 0 saturated carbocycles. The molecule has 0 spiro atoms. The van der Waals surface area contributed by atoms with Crippen LogP contribution in [0.4, 0.5) is 11.4 Å². The highest BCUT2D eigenvalue weighted by molar-refractivity contribution is 6.43. The monoisotopic (exact) mass is 442 g/mol. The maximum atomic E-state index is 12.5. The van der Waals surface area contributed by atoms with E-state index in [1.165, 1.54) is 6.08 Å². The predicted octanol–water partition coefficient (Wildman–Crippen LogP) is 5.74. The van der Waals surface area contributed by atoms with Gasteiger partial charge in [-0.1, -0.05) is 41.4 Å². The van der Waals surface area contributed by atoms with Gasteiger partial charge in [0, 0.05) is 24.7 Å². The van der Waals surface area contributed by atoms with Gasteiger partial charge in [0.1, 0.15) is 11.5 Å². The summed E-state index contributed by atoms with van der Waals surface area (Å²) < 4.78 is 11.2. The summed E-state index contributed by atoms with van der Waals surface area (Å²) in [5, 5.41) is 3.84. The second-order valence-electron chi connectivity index (χ2n) is 6.74. The van der Waals surface area contributed by atoms with E-state index >= 15 is 0 Å².